The Morgan fingerprint density at radius 3 is 2.16 bits per heavy atom. The highest BCUT2D eigenvalue weighted by molar-refractivity contribution is 6.34. The molecule has 0 saturated heterocycles. The molecule has 1 aromatic rings. The first-order chi connectivity index (χ1) is 11.8. The molecule has 3 amide bonds. The van der Waals surface area contributed by atoms with Crippen molar-refractivity contribution in [1.29, 1.82) is 0 Å². The number of hydrogen-bond donors (Lipinski definition) is 3. The summed E-state index contributed by atoms with van der Waals surface area (Å²) >= 11 is 6.10. The van der Waals surface area contributed by atoms with E-state index in [9.17, 15) is 9.59 Å². The van der Waals surface area contributed by atoms with Crippen LogP contribution >= 0.6 is 11.6 Å². The highest BCUT2D eigenvalue weighted by Crippen LogP contribution is 2.55. The molecule has 8 heteroatoms. The fourth-order valence-electron chi connectivity index (χ4n) is 5.59. The van der Waals surface area contributed by atoms with Crippen LogP contribution in [-0.4, -0.2) is 27.3 Å². The Morgan fingerprint density at radius 2 is 1.68 bits per heavy atom. The summed E-state index contributed by atoms with van der Waals surface area (Å²) in [5.41, 5.74) is 5.61. The summed E-state index contributed by atoms with van der Waals surface area (Å²) in [6.07, 6.45) is 7.14. The topological polar surface area (TPSA) is 88.1 Å². The van der Waals surface area contributed by atoms with E-state index < -0.39 is 5.91 Å². The van der Waals surface area contributed by atoms with Crippen molar-refractivity contribution >= 4 is 23.5 Å². The number of aryl methyl sites for hydroxylation is 2. The van der Waals surface area contributed by atoms with Crippen LogP contribution in [0.5, 0.6) is 0 Å². The second-order valence-electron chi connectivity index (χ2n) is 8.10. The number of nitrogens with one attached hydrogen (secondary N) is 3. The molecule has 3 N–H and O–H groups in total. The Bertz CT molecular complexity index is 694. The van der Waals surface area contributed by atoms with Gasteiger partial charge in [-0.1, -0.05) is 11.6 Å². The van der Waals surface area contributed by atoms with E-state index in [1.54, 1.807) is 14.0 Å². The van der Waals surface area contributed by atoms with Crippen LogP contribution < -0.4 is 16.2 Å². The summed E-state index contributed by atoms with van der Waals surface area (Å²) in [5, 5.41) is 7.54. The van der Waals surface area contributed by atoms with Crippen molar-refractivity contribution in [3.8, 4) is 0 Å². The van der Waals surface area contributed by atoms with Gasteiger partial charge in [-0.25, -0.2) is 10.2 Å². The minimum absolute atomic E-state index is 0.0929. The third-order valence-electron chi connectivity index (χ3n) is 6.07. The lowest BCUT2D eigenvalue weighted by Crippen LogP contribution is -2.62. The van der Waals surface area contributed by atoms with Crippen LogP contribution in [0.4, 0.5) is 4.79 Å². The Labute approximate surface area is 151 Å². The molecule has 0 aliphatic heterocycles. The summed E-state index contributed by atoms with van der Waals surface area (Å²) in [6, 6.07) is -0.356. The molecule has 25 heavy (non-hydrogen) atoms. The largest absolute Gasteiger partial charge is 0.333 e. The SMILES string of the molecule is Cc1nn(C)c(C(=O)NNC(=O)NC23CC4CC(CC(C4)C2)C3)c1Cl. The Balaban J connectivity index is 1.36. The minimum Gasteiger partial charge on any atom is -0.331 e. The molecule has 5 rings (SSSR count). The van der Waals surface area contributed by atoms with Crippen molar-refractivity contribution in [3.63, 3.8) is 0 Å². The van der Waals surface area contributed by atoms with Crippen LogP contribution in [0.15, 0.2) is 0 Å². The molecule has 7 nitrogen and oxygen atoms in total. The molecule has 0 atom stereocenters. The number of nitrogens with zero attached hydrogens (tertiary/aromatic N) is 2. The van der Waals surface area contributed by atoms with Crippen molar-refractivity contribution in [2.75, 3.05) is 0 Å². The molecule has 0 aromatic carbocycles. The number of rotatable bonds is 2. The molecular formula is C17H24ClN5O2. The zero-order valence-electron chi connectivity index (χ0n) is 14.6. The van der Waals surface area contributed by atoms with E-state index >= 15 is 0 Å². The Hall–Kier alpha value is -1.76. The van der Waals surface area contributed by atoms with Crippen molar-refractivity contribution in [2.45, 2.75) is 51.0 Å². The third kappa shape index (κ3) is 2.99. The number of aromatic nitrogens is 2. The van der Waals surface area contributed by atoms with Crippen molar-refractivity contribution in [3.05, 3.63) is 16.4 Å². The summed E-state index contributed by atoms with van der Waals surface area (Å²) < 4.78 is 1.41. The standard InChI is InChI=1S/C17H24ClN5O2/c1-9-13(18)14(23(2)22-9)15(24)20-21-16(25)19-17-6-10-3-11(7-17)5-12(4-10)8-17/h10-12H,3-8H2,1-2H3,(H,20,24)(H2,19,21,25). The lowest BCUT2D eigenvalue weighted by Gasteiger charge is -2.56. The van der Waals surface area contributed by atoms with E-state index in [1.165, 1.54) is 23.9 Å². The maximum Gasteiger partial charge on any atom is 0.333 e. The maximum absolute atomic E-state index is 12.3. The summed E-state index contributed by atoms with van der Waals surface area (Å²) in [7, 11) is 1.64. The molecule has 0 spiro atoms. The van der Waals surface area contributed by atoms with E-state index in [0.29, 0.717) is 10.7 Å². The van der Waals surface area contributed by atoms with Crippen LogP contribution in [0, 0.1) is 24.7 Å². The predicted octanol–water partition coefficient (Wildman–Crippen LogP) is 2.29. The van der Waals surface area contributed by atoms with Gasteiger partial charge in [0, 0.05) is 12.6 Å². The van der Waals surface area contributed by atoms with Gasteiger partial charge in [-0.15, -0.1) is 0 Å². The van der Waals surface area contributed by atoms with Crippen LogP contribution in [0.25, 0.3) is 0 Å². The van der Waals surface area contributed by atoms with E-state index in [-0.39, 0.29) is 17.3 Å². The Morgan fingerprint density at radius 1 is 1.12 bits per heavy atom. The van der Waals surface area contributed by atoms with Gasteiger partial charge < -0.3 is 5.32 Å². The zero-order chi connectivity index (χ0) is 17.8. The average Bonchev–Trinajstić information content (AvgIpc) is 2.76. The normalized spacial score (nSPS) is 32.5. The van der Waals surface area contributed by atoms with Crippen LogP contribution in [0.1, 0.15) is 54.7 Å². The quantitative estimate of drug-likeness (QED) is 0.702. The predicted molar refractivity (Wildman–Crippen MR) is 93.0 cm³/mol. The molecule has 4 aliphatic rings. The van der Waals surface area contributed by atoms with E-state index in [2.05, 4.69) is 21.3 Å². The first-order valence-corrected chi connectivity index (χ1v) is 9.30. The number of hydrazine groups is 1. The van der Waals surface area contributed by atoms with E-state index in [4.69, 9.17) is 11.6 Å². The van der Waals surface area contributed by atoms with E-state index in [0.717, 1.165) is 37.0 Å². The lowest BCUT2D eigenvalue weighted by molar-refractivity contribution is -0.0137. The number of urea groups is 1. The van der Waals surface area contributed by atoms with Crippen molar-refractivity contribution in [1.82, 2.24) is 25.9 Å². The maximum atomic E-state index is 12.3. The minimum atomic E-state index is -0.478. The number of amides is 3. The van der Waals surface area contributed by atoms with Gasteiger partial charge in [-0.05, 0) is 63.2 Å². The van der Waals surface area contributed by atoms with Gasteiger partial charge >= 0.3 is 6.03 Å². The number of carbonyl (C=O) groups excluding carboxylic acids is 2. The summed E-state index contributed by atoms with van der Waals surface area (Å²) in [4.78, 5) is 24.6. The fraction of sp³-hybridized carbons (Fsp3) is 0.706. The molecule has 0 radical (unpaired) electrons. The van der Waals surface area contributed by atoms with Crippen LogP contribution in [-0.2, 0) is 7.05 Å². The van der Waals surface area contributed by atoms with Gasteiger partial charge in [0.05, 0.1) is 10.7 Å². The molecule has 1 heterocycles. The summed E-state index contributed by atoms with van der Waals surface area (Å²) in [6.45, 7) is 1.73. The Kier molecular flexibility index (Phi) is 3.94. The van der Waals surface area contributed by atoms with Crippen molar-refractivity contribution < 1.29 is 9.59 Å². The number of carbonyl (C=O) groups is 2. The monoisotopic (exact) mass is 365 g/mol. The fourth-order valence-corrected chi connectivity index (χ4v) is 5.83. The highest BCUT2D eigenvalue weighted by Gasteiger charge is 2.51. The third-order valence-corrected chi connectivity index (χ3v) is 6.52. The van der Waals surface area contributed by atoms with Gasteiger partial charge in [-0.2, -0.15) is 5.10 Å². The smallest absolute Gasteiger partial charge is 0.331 e. The molecular weight excluding hydrogens is 342 g/mol. The zero-order valence-corrected chi connectivity index (χ0v) is 15.3. The van der Waals surface area contributed by atoms with Gasteiger partial charge in [0.15, 0.2) is 0 Å². The molecule has 4 bridgehead atoms. The van der Waals surface area contributed by atoms with Gasteiger partial charge in [0.2, 0.25) is 0 Å². The number of halogens is 1. The van der Waals surface area contributed by atoms with Gasteiger partial charge in [0.25, 0.3) is 5.91 Å². The van der Waals surface area contributed by atoms with Gasteiger partial charge in [-0.3, -0.25) is 14.9 Å². The number of hydrogen-bond acceptors (Lipinski definition) is 3. The lowest BCUT2D eigenvalue weighted by atomic mass is 9.53. The molecule has 1 aromatic heterocycles. The molecule has 0 unspecified atom stereocenters. The van der Waals surface area contributed by atoms with E-state index in [1.807, 2.05) is 0 Å². The highest BCUT2D eigenvalue weighted by atomic mass is 35.5. The second-order valence-corrected chi connectivity index (χ2v) is 8.48. The molecule has 4 fully saturated rings. The second kappa shape index (κ2) is 5.90. The molecule has 4 aliphatic carbocycles. The summed E-state index contributed by atoms with van der Waals surface area (Å²) in [5.74, 6) is 1.76. The van der Waals surface area contributed by atoms with Crippen molar-refractivity contribution in [2.24, 2.45) is 24.8 Å². The average molecular weight is 366 g/mol. The van der Waals surface area contributed by atoms with Crippen LogP contribution in [0.3, 0.4) is 0 Å². The van der Waals surface area contributed by atoms with Gasteiger partial charge in [0.1, 0.15) is 5.69 Å². The first-order valence-electron chi connectivity index (χ1n) is 8.93. The first kappa shape index (κ1) is 16.7. The molecule has 136 valence electrons. The molecule has 4 saturated carbocycles. The van der Waals surface area contributed by atoms with Crippen LogP contribution in [0.2, 0.25) is 5.02 Å².